The smallest absolute Gasteiger partial charge is 0.329 e. The van der Waals surface area contributed by atoms with Crippen molar-refractivity contribution in [2.24, 2.45) is 0 Å². The first-order valence-corrected chi connectivity index (χ1v) is 4.84. The molecule has 1 heterocycles. The molecule has 0 aliphatic heterocycles. The van der Waals surface area contributed by atoms with Gasteiger partial charge in [0.1, 0.15) is 10.6 Å². The van der Waals surface area contributed by atoms with Crippen LogP contribution in [0.3, 0.4) is 0 Å². The molecule has 15 heavy (non-hydrogen) atoms. The van der Waals surface area contributed by atoms with Crippen LogP contribution in [0, 0.1) is 0 Å². The van der Waals surface area contributed by atoms with Crippen molar-refractivity contribution in [1.82, 2.24) is 4.57 Å². The summed E-state index contributed by atoms with van der Waals surface area (Å²) < 4.78 is 1.00. The minimum absolute atomic E-state index is 0.100. The Hall–Kier alpha value is -1.00. The first-order chi connectivity index (χ1) is 6.76. The van der Waals surface area contributed by atoms with Crippen molar-refractivity contribution >= 4 is 29.2 Å². The van der Waals surface area contributed by atoms with Crippen LogP contribution in [-0.4, -0.2) is 15.6 Å². The van der Waals surface area contributed by atoms with Crippen LogP contribution in [0.15, 0.2) is 17.1 Å². The number of carbonyl (C=O) groups is 1. The molecule has 0 unspecified atom stereocenters. The summed E-state index contributed by atoms with van der Waals surface area (Å²) in [5.74, 6) is -1.14. The van der Waals surface area contributed by atoms with Crippen LogP contribution in [0.5, 0.6) is 0 Å². The Morgan fingerprint density at radius 1 is 1.47 bits per heavy atom. The second kappa shape index (κ2) is 3.87. The van der Waals surface area contributed by atoms with E-state index in [0.717, 1.165) is 4.57 Å². The molecular weight excluding hydrogens is 241 g/mol. The van der Waals surface area contributed by atoms with Crippen molar-refractivity contribution in [3.63, 3.8) is 0 Å². The minimum atomic E-state index is -1.38. The van der Waals surface area contributed by atoms with Gasteiger partial charge in [0, 0.05) is 6.20 Å². The van der Waals surface area contributed by atoms with Crippen LogP contribution in [-0.2, 0) is 10.3 Å². The SMILES string of the molecule is CC(C)(C(=O)O)n1cc(Cl)cc(Cl)c1=O. The number of nitrogens with zero attached hydrogens (tertiary/aromatic N) is 1. The summed E-state index contributed by atoms with van der Waals surface area (Å²) in [6, 6.07) is 1.28. The Morgan fingerprint density at radius 3 is 2.47 bits per heavy atom. The maximum absolute atomic E-state index is 11.6. The number of carboxylic acids is 1. The largest absolute Gasteiger partial charge is 0.480 e. The first kappa shape index (κ1) is 12.1. The van der Waals surface area contributed by atoms with Gasteiger partial charge in [-0.05, 0) is 19.9 Å². The van der Waals surface area contributed by atoms with E-state index >= 15 is 0 Å². The molecule has 0 bridgehead atoms. The van der Waals surface area contributed by atoms with Crippen LogP contribution >= 0.6 is 23.2 Å². The average Bonchev–Trinajstić information content (AvgIpc) is 2.10. The van der Waals surface area contributed by atoms with Gasteiger partial charge in [0.25, 0.3) is 5.56 Å². The molecule has 1 N–H and O–H groups in total. The number of halogens is 2. The lowest BCUT2D eigenvalue weighted by Gasteiger charge is -2.22. The molecule has 0 spiro atoms. The zero-order valence-corrected chi connectivity index (χ0v) is 9.63. The molecule has 0 fully saturated rings. The summed E-state index contributed by atoms with van der Waals surface area (Å²) in [7, 11) is 0. The third-order valence-corrected chi connectivity index (χ3v) is 2.54. The van der Waals surface area contributed by atoms with Gasteiger partial charge in [-0.2, -0.15) is 0 Å². The molecule has 0 atom stereocenters. The second-order valence-corrected chi connectivity index (χ2v) is 4.39. The predicted octanol–water partition coefficient (Wildman–Crippen LogP) is 1.97. The van der Waals surface area contributed by atoms with Crippen LogP contribution < -0.4 is 5.56 Å². The number of rotatable bonds is 2. The first-order valence-electron chi connectivity index (χ1n) is 4.08. The number of aromatic nitrogens is 1. The molecule has 0 aliphatic carbocycles. The fourth-order valence-electron chi connectivity index (χ4n) is 1.04. The Kier molecular flexibility index (Phi) is 3.11. The van der Waals surface area contributed by atoms with Gasteiger partial charge in [0.05, 0.1) is 5.02 Å². The van der Waals surface area contributed by atoms with E-state index in [1.54, 1.807) is 0 Å². The third-order valence-electron chi connectivity index (χ3n) is 2.07. The highest BCUT2D eigenvalue weighted by molar-refractivity contribution is 6.34. The van der Waals surface area contributed by atoms with Crippen molar-refractivity contribution in [1.29, 1.82) is 0 Å². The molecule has 1 rings (SSSR count). The lowest BCUT2D eigenvalue weighted by Crippen LogP contribution is -2.42. The van der Waals surface area contributed by atoms with Crippen LogP contribution in [0.1, 0.15) is 13.8 Å². The third kappa shape index (κ3) is 2.16. The van der Waals surface area contributed by atoms with Gasteiger partial charge in [0.2, 0.25) is 0 Å². The number of aliphatic carboxylic acids is 1. The van der Waals surface area contributed by atoms with Crippen molar-refractivity contribution < 1.29 is 9.90 Å². The van der Waals surface area contributed by atoms with Crippen molar-refractivity contribution in [2.75, 3.05) is 0 Å². The normalized spacial score (nSPS) is 11.5. The highest BCUT2D eigenvalue weighted by Crippen LogP contribution is 2.18. The standard InChI is InChI=1S/C9H9Cl2NO3/c1-9(2,8(14)15)12-4-5(10)3-6(11)7(12)13/h3-4H,1-2H3,(H,14,15). The molecule has 0 saturated carbocycles. The lowest BCUT2D eigenvalue weighted by molar-refractivity contribution is -0.145. The quantitative estimate of drug-likeness (QED) is 0.872. The van der Waals surface area contributed by atoms with Crippen LogP contribution in [0.25, 0.3) is 0 Å². The Labute approximate surface area is 96.0 Å². The fraction of sp³-hybridized carbons (Fsp3) is 0.333. The summed E-state index contributed by atoms with van der Waals surface area (Å²) in [6.07, 6.45) is 1.25. The van der Waals surface area contributed by atoms with Gasteiger partial charge in [0.15, 0.2) is 0 Å². The second-order valence-electron chi connectivity index (χ2n) is 3.55. The molecule has 1 aromatic heterocycles. The monoisotopic (exact) mass is 249 g/mol. The van der Waals surface area contributed by atoms with Crippen molar-refractivity contribution in [3.05, 3.63) is 32.7 Å². The van der Waals surface area contributed by atoms with Gasteiger partial charge >= 0.3 is 5.97 Å². The molecule has 0 radical (unpaired) electrons. The number of hydrogen-bond acceptors (Lipinski definition) is 2. The van der Waals surface area contributed by atoms with Gasteiger partial charge in [-0.15, -0.1) is 0 Å². The van der Waals surface area contributed by atoms with E-state index < -0.39 is 17.1 Å². The molecule has 6 heteroatoms. The van der Waals surface area contributed by atoms with Crippen LogP contribution in [0.4, 0.5) is 0 Å². The van der Waals surface area contributed by atoms with Gasteiger partial charge < -0.3 is 5.11 Å². The maximum Gasteiger partial charge on any atom is 0.329 e. The lowest BCUT2D eigenvalue weighted by atomic mass is 10.1. The molecule has 0 amide bonds. The number of pyridine rings is 1. The molecule has 0 aliphatic rings. The summed E-state index contributed by atoms with van der Waals surface area (Å²) >= 11 is 11.3. The van der Waals surface area contributed by atoms with E-state index in [1.807, 2.05) is 0 Å². The molecule has 82 valence electrons. The molecule has 4 nitrogen and oxygen atoms in total. The highest BCUT2D eigenvalue weighted by Gasteiger charge is 2.30. The highest BCUT2D eigenvalue weighted by atomic mass is 35.5. The Balaban J connectivity index is 3.51. The van der Waals surface area contributed by atoms with E-state index in [9.17, 15) is 9.59 Å². The summed E-state index contributed by atoms with van der Waals surface area (Å²) in [6.45, 7) is 2.78. The molecule has 0 aromatic carbocycles. The number of carboxylic acid groups (broad SMARTS) is 1. The van der Waals surface area contributed by atoms with Gasteiger partial charge in [-0.1, -0.05) is 23.2 Å². The summed E-state index contributed by atoms with van der Waals surface area (Å²) in [5.41, 5.74) is -1.96. The topological polar surface area (TPSA) is 59.3 Å². The van der Waals surface area contributed by atoms with Gasteiger partial charge in [-0.25, -0.2) is 4.79 Å². The fourth-order valence-corrected chi connectivity index (χ4v) is 1.51. The summed E-state index contributed by atoms with van der Waals surface area (Å²) in [4.78, 5) is 22.5. The van der Waals surface area contributed by atoms with E-state index in [1.165, 1.54) is 26.1 Å². The predicted molar refractivity (Wildman–Crippen MR) is 57.7 cm³/mol. The van der Waals surface area contributed by atoms with Gasteiger partial charge in [-0.3, -0.25) is 9.36 Å². The number of hydrogen-bond donors (Lipinski definition) is 1. The summed E-state index contributed by atoms with van der Waals surface area (Å²) in [5, 5.41) is 9.07. The molecule has 1 aromatic rings. The Morgan fingerprint density at radius 2 is 2.00 bits per heavy atom. The van der Waals surface area contributed by atoms with Crippen LogP contribution in [0.2, 0.25) is 10.0 Å². The van der Waals surface area contributed by atoms with E-state index in [4.69, 9.17) is 28.3 Å². The van der Waals surface area contributed by atoms with E-state index in [0.29, 0.717) is 0 Å². The average molecular weight is 250 g/mol. The molecule has 0 saturated heterocycles. The zero-order chi connectivity index (χ0) is 11.8. The zero-order valence-electron chi connectivity index (χ0n) is 8.12. The van der Waals surface area contributed by atoms with E-state index in [-0.39, 0.29) is 10.0 Å². The Bertz CT molecular complexity index is 465. The maximum atomic E-state index is 11.6. The van der Waals surface area contributed by atoms with Crippen molar-refractivity contribution in [3.8, 4) is 0 Å². The minimum Gasteiger partial charge on any atom is -0.480 e. The molecular formula is C9H9Cl2NO3. The van der Waals surface area contributed by atoms with Crippen molar-refractivity contribution in [2.45, 2.75) is 19.4 Å². The van der Waals surface area contributed by atoms with E-state index in [2.05, 4.69) is 0 Å².